The monoisotopic (exact) mass is 224 g/mol. The maximum absolute atomic E-state index is 12.0. The fraction of sp³-hybridized carbons (Fsp3) is 0.923. The van der Waals surface area contributed by atoms with Crippen LogP contribution >= 0.6 is 0 Å². The van der Waals surface area contributed by atoms with Gasteiger partial charge in [0.2, 0.25) is 5.91 Å². The first-order chi connectivity index (χ1) is 7.49. The number of carbonyl (C=O) groups is 1. The van der Waals surface area contributed by atoms with Gasteiger partial charge in [0.15, 0.2) is 0 Å². The van der Waals surface area contributed by atoms with Gasteiger partial charge in [-0.3, -0.25) is 9.69 Å². The van der Waals surface area contributed by atoms with Gasteiger partial charge in [-0.05, 0) is 26.2 Å². The van der Waals surface area contributed by atoms with Crippen LogP contribution in [0.1, 0.15) is 40.5 Å². The Morgan fingerprint density at radius 1 is 1.19 bits per heavy atom. The van der Waals surface area contributed by atoms with Crippen LogP contribution in [0.15, 0.2) is 0 Å². The highest BCUT2D eigenvalue weighted by Crippen LogP contribution is 2.34. The Balaban J connectivity index is 1.91. The van der Waals surface area contributed by atoms with Crippen LogP contribution < -0.4 is 0 Å². The lowest BCUT2D eigenvalue weighted by molar-refractivity contribution is -0.156. The summed E-state index contributed by atoms with van der Waals surface area (Å²) in [5.74, 6) is 0.856. The highest BCUT2D eigenvalue weighted by molar-refractivity contribution is 5.78. The minimum Gasteiger partial charge on any atom is -0.334 e. The summed E-state index contributed by atoms with van der Waals surface area (Å²) in [6.07, 6.45) is 1.95. The maximum Gasteiger partial charge on any atom is 0.223 e. The summed E-state index contributed by atoms with van der Waals surface area (Å²) in [6.45, 7) is 10.9. The minimum atomic E-state index is 0.375. The van der Waals surface area contributed by atoms with Crippen molar-refractivity contribution in [2.75, 3.05) is 13.1 Å². The van der Waals surface area contributed by atoms with Gasteiger partial charge in [0.1, 0.15) is 0 Å². The molecule has 1 amide bonds. The average Bonchev–Trinajstić information content (AvgIpc) is 2.16. The molecule has 3 heteroatoms. The number of hydrogen-bond donors (Lipinski definition) is 0. The molecule has 3 aliphatic heterocycles. The second-order valence-electron chi connectivity index (χ2n) is 5.99. The number of amides is 1. The second-order valence-corrected chi connectivity index (χ2v) is 5.99. The zero-order valence-electron chi connectivity index (χ0n) is 10.9. The molecule has 2 atom stereocenters. The van der Waals surface area contributed by atoms with Crippen molar-refractivity contribution in [1.29, 1.82) is 0 Å². The molecule has 0 N–H and O–H groups in total. The van der Waals surface area contributed by atoms with Gasteiger partial charge < -0.3 is 4.90 Å². The van der Waals surface area contributed by atoms with E-state index in [1.807, 2.05) is 0 Å². The summed E-state index contributed by atoms with van der Waals surface area (Å²) >= 11 is 0. The van der Waals surface area contributed by atoms with Crippen molar-refractivity contribution in [1.82, 2.24) is 9.80 Å². The Bertz CT molecular complexity index is 263. The molecule has 0 aliphatic carbocycles. The van der Waals surface area contributed by atoms with Crippen molar-refractivity contribution < 1.29 is 4.79 Å². The van der Waals surface area contributed by atoms with E-state index < -0.39 is 0 Å². The summed E-state index contributed by atoms with van der Waals surface area (Å²) in [6, 6.07) is 1.63. The molecule has 2 bridgehead atoms. The van der Waals surface area contributed by atoms with Crippen molar-refractivity contribution >= 4 is 5.91 Å². The van der Waals surface area contributed by atoms with E-state index in [0.29, 0.717) is 36.4 Å². The third-order valence-electron chi connectivity index (χ3n) is 3.82. The normalized spacial score (nSPS) is 29.8. The highest BCUT2D eigenvalue weighted by Gasteiger charge is 2.47. The van der Waals surface area contributed by atoms with E-state index in [1.165, 1.54) is 6.42 Å². The van der Waals surface area contributed by atoms with Crippen LogP contribution in [-0.4, -0.2) is 46.9 Å². The van der Waals surface area contributed by atoms with E-state index >= 15 is 0 Å². The summed E-state index contributed by atoms with van der Waals surface area (Å²) < 4.78 is 0. The van der Waals surface area contributed by atoms with Gasteiger partial charge >= 0.3 is 0 Å². The molecule has 3 fully saturated rings. The number of nitrogens with zero attached hydrogens (tertiary/aromatic N) is 2. The Kier molecular flexibility index (Phi) is 3.24. The quantitative estimate of drug-likeness (QED) is 0.729. The van der Waals surface area contributed by atoms with Gasteiger partial charge in [-0.15, -0.1) is 0 Å². The van der Waals surface area contributed by atoms with Gasteiger partial charge in [-0.2, -0.15) is 0 Å². The van der Waals surface area contributed by atoms with Crippen LogP contribution in [0.5, 0.6) is 0 Å². The summed E-state index contributed by atoms with van der Waals surface area (Å²) in [4.78, 5) is 16.7. The predicted octanol–water partition coefficient (Wildman–Crippen LogP) is 1.73. The number of hydrogen-bond acceptors (Lipinski definition) is 2. The predicted molar refractivity (Wildman–Crippen MR) is 65.2 cm³/mol. The van der Waals surface area contributed by atoms with Crippen LogP contribution in [0.4, 0.5) is 0 Å². The molecule has 3 saturated heterocycles. The molecular formula is C13H24N2O. The molecule has 92 valence electrons. The Labute approximate surface area is 98.8 Å². The summed E-state index contributed by atoms with van der Waals surface area (Å²) in [5, 5.41) is 0. The number of piperidine rings is 1. The Morgan fingerprint density at radius 3 is 2.19 bits per heavy atom. The number of fused-ring (bicyclic) bond motifs is 2. The van der Waals surface area contributed by atoms with Crippen molar-refractivity contribution in [2.45, 2.75) is 58.7 Å². The lowest BCUT2D eigenvalue weighted by Crippen LogP contribution is -2.70. The lowest BCUT2D eigenvalue weighted by Gasteiger charge is -2.57. The van der Waals surface area contributed by atoms with E-state index in [0.717, 1.165) is 13.1 Å². The van der Waals surface area contributed by atoms with Crippen LogP contribution in [-0.2, 0) is 4.79 Å². The molecular weight excluding hydrogens is 200 g/mol. The summed E-state index contributed by atoms with van der Waals surface area (Å²) in [7, 11) is 0. The molecule has 0 saturated carbocycles. The number of carbonyl (C=O) groups excluding carboxylic acids is 1. The molecule has 3 rings (SSSR count). The second kappa shape index (κ2) is 4.36. The molecule has 0 aromatic rings. The topological polar surface area (TPSA) is 23.6 Å². The van der Waals surface area contributed by atoms with Gasteiger partial charge in [-0.25, -0.2) is 0 Å². The molecule has 0 aromatic heterocycles. The lowest BCUT2D eigenvalue weighted by atomic mass is 9.86. The van der Waals surface area contributed by atoms with Gasteiger partial charge in [0.25, 0.3) is 0 Å². The zero-order chi connectivity index (χ0) is 11.9. The van der Waals surface area contributed by atoms with Gasteiger partial charge in [0.05, 0.1) is 0 Å². The fourth-order valence-corrected chi connectivity index (χ4v) is 2.93. The molecule has 16 heavy (non-hydrogen) atoms. The first-order valence-corrected chi connectivity index (χ1v) is 6.54. The molecule has 3 heterocycles. The van der Waals surface area contributed by atoms with E-state index in [2.05, 4.69) is 37.5 Å². The first-order valence-electron chi connectivity index (χ1n) is 6.54. The third-order valence-corrected chi connectivity index (χ3v) is 3.82. The molecule has 0 spiro atoms. The smallest absolute Gasteiger partial charge is 0.223 e. The van der Waals surface area contributed by atoms with E-state index in [1.54, 1.807) is 0 Å². The number of piperazine rings is 1. The minimum absolute atomic E-state index is 0.375. The van der Waals surface area contributed by atoms with Crippen LogP contribution in [0, 0.1) is 5.92 Å². The molecule has 2 unspecified atom stereocenters. The van der Waals surface area contributed by atoms with E-state index in [9.17, 15) is 4.79 Å². The van der Waals surface area contributed by atoms with Crippen LogP contribution in [0.25, 0.3) is 0 Å². The van der Waals surface area contributed by atoms with Gasteiger partial charge in [-0.1, -0.05) is 13.8 Å². The van der Waals surface area contributed by atoms with Gasteiger partial charge in [0, 0.05) is 37.6 Å². The average molecular weight is 224 g/mol. The van der Waals surface area contributed by atoms with E-state index in [-0.39, 0.29) is 0 Å². The SMILES string of the molecule is CC(C)CC(=O)N1C2CC1CN(C(C)C)C2. The standard InChI is InChI=1S/C13H24N2O/c1-9(2)5-13(16)15-11-6-12(15)8-14(7-11)10(3)4/h9-12H,5-8H2,1-4H3. The third kappa shape index (κ3) is 2.10. The largest absolute Gasteiger partial charge is 0.334 e. The maximum atomic E-state index is 12.0. The van der Waals surface area contributed by atoms with E-state index in [4.69, 9.17) is 0 Å². The Morgan fingerprint density at radius 2 is 1.75 bits per heavy atom. The van der Waals surface area contributed by atoms with Crippen LogP contribution in [0.2, 0.25) is 0 Å². The summed E-state index contributed by atoms with van der Waals surface area (Å²) in [5.41, 5.74) is 0. The first kappa shape index (κ1) is 11.9. The van der Waals surface area contributed by atoms with Crippen molar-refractivity contribution in [2.24, 2.45) is 5.92 Å². The highest BCUT2D eigenvalue weighted by atomic mass is 16.2. The van der Waals surface area contributed by atoms with Crippen molar-refractivity contribution in [3.8, 4) is 0 Å². The molecule has 3 aliphatic rings. The van der Waals surface area contributed by atoms with Crippen molar-refractivity contribution in [3.63, 3.8) is 0 Å². The molecule has 3 nitrogen and oxygen atoms in total. The van der Waals surface area contributed by atoms with Crippen LogP contribution in [0.3, 0.4) is 0 Å². The number of rotatable bonds is 3. The molecule has 0 radical (unpaired) electrons. The molecule has 0 aromatic carbocycles. The fourth-order valence-electron chi connectivity index (χ4n) is 2.93. The zero-order valence-corrected chi connectivity index (χ0v) is 10.9. The van der Waals surface area contributed by atoms with Crippen molar-refractivity contribution in [3.05, 3.63) is 0 Å². The Hall–Kier alpha value is -0.570.